The highest BCUT2D eigenvalue weighted by atomic mass is 35.5. The minimum Gasteiger partial charge on any atom is -0.384 e. The van der Waals surface area contributed by atoms with Crippen molar-refractivity contribution in [1.82, 2.24) is 14.5 Å². The number of benzene rings is 1. The first-order chi connectivity index (χ1) is 9.31. The maximum Gasteiger partial charge on any atom is 0.122 e. The molecule has 1 N–H and O–H groups in total. The van der Waals surface area contributed by atoms with Crippen molar-refractivity contribution in [3.8, 4) is 0 Å². The van der Waals surface area contributed by atoms with Gasteiger partial charge in [-0.15, -0.1) is 0 Å². The van der Waals surface area contributed by atoms with Crippen LogP contribution in [-0.4, -0.2) is 34.1 Å². The van der Waals surface area contributed by atoms with E-state index in [4.69, 9.17) is 11.6 Å². The highest BCUT2D eigenvalue weighted by Gasteiger charge is 2.15. The lowest BCUT2D eigenvalue weighted by Crippen LogP contribution is -2.36. The molecule has 0 radical (unpaired) electrons. The molecule has 0 atom stereocenters. The van der Waals surface area contributed by atoms with Crippen molar-refractivity contribution in [2.75, 3.05) is 25.0 Å². The van der Waals surface area contributed by atoms with E-state index in [0.29, 0.717) is 0 Å². The van der Waals surface area contributed by atoms with Crippen LogP contribution in [0.3, 0.4) is 0 Å². The minimum absolute atomic E-state index is 0.772. The van der Waals surface area contributed by atoms with Gasteiger partial charge in [0.15, 0.2) is 0 Å². The molecule has 0 saturated carbocycles. The Kier molecular flexibility index (Phi) is 3.71. The topological polar surface area (TPSA) is 33.1 Å². The first kappa shape index (κ1) is 12.5. The first-order valence-corrected chi connectivity index (χ1v) is 6.91. The van der Waals surface area contributed by atoms with E-state index >= 15 is 0 Å². The summed E-state index contributed by atoms with van der Waals surface area (Å²) in [6.07, 6.45) is 3.93. The molecule has 0 amide bonds. The molecular formula is C14H17ClN4. The average Bonchev–Trinajstić information content (AvgIpc) is 2.88. The maximum atomic E-state index is 5.86. The Balaban J connectivity index is 1.47. The predicted molar refractivity (Wildman–Crippen MR) is 77.4 cm³/mol. The number of aromatic nitrogens is 2. The summed E-state index contributed by atoms with van der Waals surface area (Å²) in [4.78, 5) is 6.79. The van der Waals surface area contributed by atoms with Crippen LogP contribution in [0.5, 0.6) is 0 Å². The number of anilines is 1. The summed E-state index contributed by atoms with van der Waals surface area (Å²) in [5.74, 6) is 1.16. The summed E-state index contributed by atoms with van der Waals surface area (Å²) in [6, 6.07) is 7.82. The van der Waals surface area contributed by atoms with Gasteiger partial charge < -0.3 is 9.88 Å². The predicted octanol–water partition coefficient (Wildman–Crippen LogP) is 2.46. The highest BCUT2D eigenvalue weighted by Crippen LogP contribution is 2.13. The molecule has 0 fully saturated rings. The summed E-state index contributed by atoms with van der Waals surface area (Å²) >= 11 is 5.86. The molecule has 2 heterocycles. The van der Waals surface area contributed by atoms with Gasteiger partial charge in [0.1, 0.15) is 5.82 Å². The van der Waals surface area contributed by atoms with E-state index in [0.717, 1.165) is 49.3 Å². The number of rotatable bonds is 4. The fraction of sp³-hybridized carbons (Fsp3) is 0.357. The molecule has 1 aliphatic rings. The van der Waals surface area contributed by atoms with Gasteiger partial charge in [0.2, 0.25) is 0 Å². The Morgan fingerprint density at radius 1 is 1.21 bits per heavy atom. The average molecular weight is 277 g/mol. The van der Waals surface area contributed by atoms with Crippen LogP contribution >= 0.6 is 11.6 Å². The Morgan fingerprint density at radius 2 is 2.05 bits per heavy atom. The molecule has 1 aromatic carbocycles. The molecular weight excluding hydrogens is 260 g/mol. The second-order valence-electron chi connectivity index (χ2n) is 4.75. The molecule has 1 aromatic heterocycles. The number of imidazole rings is 1. The molecule has 19 heavy (non-hydrogen) atoms. The summed E-state index contributed by atoms with van der Waals surface area (Å²) in [5.41, 5.74) is 1.11. The van der Waals surface area contributed by atoms with Gasteiger partial charge in [-0.1, -0.05) is 11.6 Å². The lowest BCUT2D eigenvalue weighted by molar-refractivity contribution is 0.225. The highest BCUT2D eigenvalue weighted by molar-refractivity contribution is 6.30. The molecule has 1 aliphatic heterocycles. The van der Waals surface area contributed by atoms with Crippen molar-refractivity contribution in [2.45, 2.75) is 13.1 Å². The number of nitrogens with one attached hydrogen (secondary N) is 1. The van der Waals surface area contributed by atoms with E-state index in [1.807, 2.05) is 30.5 Å². The van der Waals surface area contributed by atoms with Crippen molar-refractivity contribution in [1.29, 1.82) is 0 Å². The Labute approximate surface area is 118 Å². The standard InChI is InChI=1S/C14H17ClN4/c15-12-1-3-13(4-2-12)16-5-7-18-9-10-19-8-6-17-14(19)11-18/h1-4,6,8,16H,5,7,9-11H2. The molecule has 100 valence electrons. The Bertz CT molecular complexity index is 535. The molecule has 5 heteroatoms. The summed E-state index contributed by atoms with van der Waals surface area (Å²) in [5, 5.41) is 4.18. The van der Waals surface area contributed by atoms with Crippen LogP contribution in [0.25, 0.3) is 0 Å². The Morgan fingerprint density at radius 3 is 2.89 bits per heavy atom. The second kappa shape index (κ2) is 5.63. The zero-order valence-corrected chi connectivity index (χ0v) is 11.5. The van der Waals surface area contributed by atoms with Crippen molar-refractivity contribution >= 4 is 17.3 Å². The SMILES string of the molecule is Clc1ccc(NCCN2CCn3ccnc3C2)cc1. The van der Waals surface area contributed by atoms with Crippen LogP contribution in [0.15, 0.2) is 36.7 Å². The third kappa shape index (κ3) is 3.08. The second-order valence-corrected chi connectivity index (χ2v) is 5.18. The van der Waals surface area contributed by atoms with Crippen molar-refractivity contribution < 1.29 is 0 Å². The van der Waals surface area contributed by atoms with E-state index < -0.39 is 0 Å². The quantitative estimate of drug-likeness (QED) is 0.931. The van der Waals surface area contributed by atoms with E-state index in [1.165, 1.54) is 0 Å². The summed E-state index contributed by atoms with van der Waals surface area (Å²) in [6.45, 7) is 5.02. The van der Waals surface area contributed by atoms with Gasteiger partial charge >= 0.3 is 0 Å². The van der Waals surface area contributed by atoms with Crippen molar-refractivity contribution in [3.05, 3.63) is 47.5 Å². The minimum atomic E-state index is 0.772. The molecule has 0 spiro atoms. The lowest BCUT2D eigenvalue weighted by Gasteiger charge is -2.27. The largest absolute Gasteiger partial charge is 0.384 e. The molecule has 0 unspecified atom stereocenters. The fourth-order valence-electron chi connectivity index (χ4n) is 2.34. The van der Waals surface area contributed by atoms with Gasteiger partial charge in [-0.05, 0) is 24.3 Å². The monoisotopic (exact) mass is 276 g/mol. The van der Waals surface area contributed by atoms with Crippen LogP contribution in [0.1, 0.15) is 5.82 Å². The third-order valence-corrected chi connectivity index (χ3v) is 3.68. The van der Waals surface area contributed by atoms with E-state index in [2.05, 4.69) is 26.0 Å². The zero-order valence-electron chi connectivity index (χ0n) is 10.7. The van der Waals surface area contributed by atoms with Crippen LogP contribution in [0, 0.1) is 0 Å². The Hall–Kier alpha value is -1.52. The van der Waals surface area contributed by atoms with Gasteiger partial charge in [-0.25, -0.2) is 4.98 Å². The molecule has 0 saturated heterocycles. The molecule has 3 rings (SSSR count). The van der Waals surface area contributed by atoms with E-state index in [1.54, 1.807) is 0 Å². The smallest absolute Gasteiger partial charge is 0.122 e. The molecule has 0 bridgehead atoms. The van der Waals surface area contributed by atoms with Crippen molar-refractivity contribution in [3.63, 3.8) is 0 Å². The third-order valence-electron chi connectivity index (χ3n) is 3.43. The van der Waals surface area contributed by atoms with Crippen LogP contribution in [0.4, 0.5) is 5.69 Å². The normalized spacial score (nSPS) is 15.2. The number of fused-ring (bicyclic) bond motifs is 1. The number of hydrogen-bond donors (Lipinski definition) is 1. The first-order valence-electron chi connectivity index (χ1n) is 6.53. The number of halogens is 1. The van der Waals surface area contributed by atoms with E-state index in [-0.39, 0.29) is 0 Å². The zero-order chi connectivity index (χ0) is 13.1. The van der Waals surface area contributed by atoms with Gasteiger partial charge in [0, 0.05) is 49.3 Å². The number of nitrogens with zero attached hydrogens (tertiary/aromatic N) is 3. The van der Waals surface area contributed by atoms with E-state index in [9.17, 15) is 0 Å². The van der Waals surface area contributed by atoms with Gasteiger partial charge in [0.25, 0.3) is 0 Å². The van der Waals surface area contributed by atoms with Crippen molar-refractivity contribution in [2.24, 2.45) is 0 Å². The molecule has 0 aliphatic carbocycles. The fourth-order valence-corrected chi connectivity index (χ4v) is 2.47. The summed E-state index contributed by atoms with van der Waals surface area (Å²) in [7, 11) is 0. The lowest BCUT2D eigenvalue weighted by atomic mass is 10.3. The molecule has 2 aromatic rings. The van der Waals surface area contributed by atoms with Gasteiger partial charge in [-0.3, -0.25) is 4.90 Å². The summed E-state index contributed by atoms with van der Waals surface area (Å²) < 4.78 is 2.23. The van der Waals surface area contributed by atoms with Gasteiger partial charge in [0.05, 0.1) is 6.54 Å². The molecule has 4 nitrogen and oxygen atoms in total. The van der Waals surface area contributed by atoms with Crippen LogP contribution in [0.2, 0.25) is 5.02 Å². The van der Waals surface area contributed by atoms with Crippen LogP contribution < -0.4 is 5.32 Å². The number of hydrogen-bond acceptors (Lipinski definition) is 3. The van der Waals surface area contributed by atoms with Gasteiger partial charge in [-0.2, -0.15) is 0 Å². The van der Waals surface area contributed by atoms with Crippen LogP contribution in [-0.2, 0) is 13.1 Å². The maximum absolute atomic E-state index is 5.86.